The van der Waals surface area contributed by atoms with Crippen molar-refractivity contribution in [1.82, 2.24) is 4.98 Å². The summed E-state index contributed by atoms with van der Waals surface area (Å²) in [6, 6.07) is 4.87. The molecule has 2 rings (SSSR count). The molecule has 0 radical (unpaired) electrons. The predicted octanol–water partition coefficient (Wildman–Crippen LogP) is 3.28. The van der Waals surface area contributed by atoms with Crippen molar-refractivity contribution < 1.29 is 27.4 Å². The standard InChI is InChI=1S/C13H9F4NO2/c14-12-6-18-5-10(11(12)7-19)8-1-3-9(4-2-8)20-13(15,16)17/h1-6,19H,7H2. The lowest BCUT2D eigenvalue weighted by Gasteiger charge is -2.11. The summed E-state index contributed by atoms with van der Waals surface area (Å²) in [5, 5.41) is 9.13. The molecular weight excluding hydrogens is 278 g/mol. The molecule has 20 heavy (non-hydrogen) atoms. The van der Waals surface area contributed by atoms with E-state index in [0.717, 1.165) is 18.3 Å². The molecule has 0 aliphatic rings. The molecule has 0 saturated carbocycles. The Labute approximate surface area is 111 Å². The minimum Gasteiger partial charge on any atom is -0.406 e. The molecule has 1 aromatic carbocycles. The molecule has 7 heteroatoms. The topological polar surface area (TPSA) is 42.4 Å². The zero-order chi connectivity index (χ0) is 14.8. The highest BCUT2D eigenvalue weighted by atomic mass is 19.4. The maximum absolute atomic E-state index is 13.4. The number of nitrogens with zero attached hydrogens (tertiary/aromatic N) is 1. The number of pyridine rings is 1. The van der Waals surface area contributed by atoms with Crippen LogP contribution >= 0.6 is 0 Å². The van der Waals surface area contributed by atoms with Crippen molar-refractivity contribution in [3.63, 3.8) is 0 Å². The molecule has 1 heterocycles. The van der Waals surface area contributed by atoms with Crippen LogP contribution in [0.3, 0.4) is 0 Å². The monoisotopic (exact) mass is 287 g/mol. The lowest BCUT2D eigenvalue weighted by atomic mass is 10.0. The molecule has 1 N–H and O–H groups in total. The molecule has 2 aromatic rings. The summed E-state index contributed by atoms with van der Waals surface area (Å²) < 4.78 is 53.2. The van der Waals surface area contributed by atoms with E-state index in [4.69, 9.17) is 5.11 Å². The maximum Gasteiger partial charge on any atom is 0.573 e. The van der Waals surface area contributed by atoms with E-state index in [1.54, 1.807) is 0 Å². The molecule has 106 valence electrons. The van der Waals surface area contributed by atoms with Crippen LogP contribution in [0, 0.1) is 5.82 Å². The summed E-state index contributed by atoms with van der Waals surface area (Å²) in [5.41, 5.74) is 0.770. The smallest absolute Gasteiger partial charge is 0.406 e. The Kier molecular flexibility index (Phi) is 3.89. The third kappa shape index (κ3) is 3.24. The number of aliphatic hydroxyl groups excluding tert-OH is 1. The van der Waals surface area contributed by atoms with Crippen LogP contribution in [0.1, 0.15) is 5.56 Å². The minimum atomic E-state index is -4.77. The van der Waals surface area contributed by atoms with Gasteiger partial charge in [-0.05, 0) is 17.7 Å². The van der Waals surface area contributed by atoms with Crippen LogP contribution in [0.2, 0.25) is 0 Å². The van der Waals surface area contributed by atoms with E-state index in [9.17, 15) is 17.6 Å². The van der Waals surface area contributed by atoms with Crippen molar-refractivity contribution in [3.05, 3.63) is 48.0 Å². The molecule has 3 nitrogen and oxygen atoms in total. The van der Waals surface area contributed by atoms with E-state index in [2.05, 4.69) is 9.72 Å². The van der Waals surface area contributed by atoms with Gasteiger partial charge in [-0.15, -0.1) is 13.2 Å². The molecular formula is C13H9F4NO2. The first-order valence-electron chi connectivity index (χ1n) is 5.50. The van der Waals surface area contributed by atoms with Crippen molar-refractivity contribution in [2.45, 2.75) is 13.0 Å². The highest BCUT2D eigenvalue weighted by molar-refractivity contribution is 5.67. The van der Waals surface area contributed by atoms with Crippen LogP contribution in [0.25, 0.3) is 11.1 Å². The zero-order valence-corrected chi connectivity index (χ0v) is 9.99. The van der Waals surface area contributed by atoms with E-state index in [1.165, 1.54) is 18.3 Å². The highest BCUT2D eigenvalue weighted by Crippen LogP contribution is 2.28. The van der Waals surface area contributed by atoms with Gasteiger partial charge >= 0.3 is 6.36 Å². The van der Waals surface area contributed by atoms with Crippen LogP contribution in [-0.2, 0) is 6.61 Å². The highest BCUT2D eigenvalue weighted by Gasteiger charge is 2.31. The molecule has 0 unspecified atom stereocenters. The number of halogens is 4. The van der Waals surface area contributed by atoms with Gasteiger partial charge in [0.1, 0.15) is 11.6 Å². The molecule has 0 aliphatic heterocycles. The summed E-state index contributed by atoms with van der Waals surface area (Å²) in [5.74, 6) is -1.06. The molecule has 0 atom stereocenters. The Morgan fingerprint density at radius 3 is 2.30 bits per heavy atom. The third-order valence-electron chi connectivity index (χ3n) is 2.56. The first kappa shape index (κ1) is 14.3. The quantitative estimate of drug-likeness (QED) is 0.881. The first-order chi connectivity index (χ1) is 9.40. The number of benzene rings is 1. The van der Waals surface area contributed by atoms with E-state index in [-0.39, 0.29) is 11.3 Å². The van der Waals surface area contributed by atoms with Gasteiger partial charge in [0.15, 0.2) is 0 Å². The van der Waals surface area contributed by atoms with Crippen molar-refractivity contribution in [3.8, 4) is 16.9 Å². The van der Waals surface area contributed by atoms with Gasteiger partial charge in [-0.25, -0.2) is 4.39 Å². The third-order valence-corrected chi connectivity index (χ3v) is 2.56. The van der Waals surface area contributed by atoms with E-state index >= 15 is 0 Å². The number of aromatic nitrogens is 1. The average Bonchev–Trinajstić information content (AvgIpc) is 2.37. The Morgan fingerprint density at radius 1 is 1.10 bits per heavy atom. The van der Waals surface area contributed by atoms with Gasteiger partial charge < -0.3 is 9.84 Å². The second kappa shape index (κ2) is 5.46. The van der Waals surface area contributed by atoms with Crippen molar-refractivity contribution in [2.24, 2.45) is 0 Å². The second-order valence-electron chi connectivity index (χ2n) is 3.88. The second-order valence-corrected chi connectivity index (χ2v) is 3.88. The molecule has 0 amide bonds. The zero-order valence-electron chi connectivity index (χ0n) is 9.99. The fraction of sp³-hybridized carbons (Fsp3) is 0.154. The largest absolute Gasteiger partial charge is 0.573 e. The number of rotatable bonds is 3. The molecule has 0 bridgehead atoms. The van der Waals surface area contributed by atoms with Gasteiger partial charge in [0.05, 0.1) is 12.8 Å². The predicted molar refractivity (Wildman–Crippen MR) is 62.2 cm³/mol. The van der Waals surface area contributed by atoms with Crippen LogP contribution in [-0.4, -0.2) is 16.5 Å². The Hall–Kier alpha value is -2.15. The lowest BCUT2D eigenvalue weighted by Crippen LogP contribution is -2.16. The van der Waals surface area contributed by atoms with Crippen LogP contribution < -0.4 is 4.74 Å². The molecule has 1 aromatic heterocycles. The average molecular weight is 287 g/mol. The number of alkyl halides is 3. The SMILES string of the molecule is OCc1c(F)cncc1-c1ccc(OC(F)(F)F)cc1. The Balaban J connectivity index is 2.33. The summed E-state index contributed by atoms with van der Waals surface area (Å²) >= 11 is 0. The Morgan fingerprint density at radius 2 is 1.75 bits per heavy atom. The maximum atomic E-state index is 13.4. The molecule has 0 aliphatic carbocycles. The van der Waals surface area contributed by atoms with Crippen LogP contribution in [0.5, 0.6) is 5.75 Å². The van der Waals surface area contributed by atoms with Gasteiger partial charge in [-0.1, -0.05) is 12.1 Å². The van der Waals surface area contributed by atoms with Crippen molar-refractivity contribution in [1.29, 1.82) is 0 Å². The van der Waals surface area contributed by atoms with E-state index < -0.39 is 18.8 Å². The van der Waals surface area contributed by atoms with Gasteiger partial charge in [0.2, 0.25) is 0 Å². The number of hydrogen-bond donors (Lipinski definition) is 1. The summed E-state index contributed by atoms with van der Waals surface area (Å²) in [6.07, 6.45) is -2.48. The summed E-state index contributed by atoms with van der Waals surface area (Å²) in [7, 11) is 0. The lowest BCUT2D eigenvalue weighted by molar-refractivity contribution is -0.274. The fourth-order valence-corrected chi connectivity index (χ4v) is 1.71. The first-order valence-corrected chi connectivity index (χ1v) is 5.50. The minimum absolute atomic E-state index is 0.0319. The molecule has 0 fully saturated rings. The summed E-state index contributed by atoms with van der Waals surface area (Å²) in [4.78, 5) is 3.65. The van der Waals surface area contributed by atoms with Gasteiger partial charge in [-0.2, -0.15) is 0 Å². The van der Waals surface area contributed by atoms with E-state index in [1.807, 2.05) is 0 Å². The number of aliphatic hydroxyl groups is 1. The number of hydrogen-bond acceptors (Lipinski definition) is 3. The Bertz CT molecular complexity index is 596. The van der Waals surface area contributed by atoms with Crippen molar-refractivity contribution in [2.75, 3.05) is 0 Å². The van der Waals surface area contributed by atoms with Crippen LogP contribution in [0.15, 0.2) is 36.7 Å². The summed E-state index contributed by atoms with van der Waals surface area (Å²) in [6.45, 7) is -0.537. The van der Waals surface area contributed by atoms with Crippen molar-refractivity contribution >= 4 is 0 Å². The fourth-order valence-electron chi connectivity index (χ4n) is 1.71. The van der Waals surface area contributed by atoms with Gasteiger partial charge in [0.25, 0.3) is 0 Å². The molecule has 0 spiro atoms. The van der Waals surface area contributed by atoms with Gasteiger partial charge in [-0.3, -0.25) is 4.98 Å². The van der Waals surface area contributed by atoms with Gasteiger partial charge in [0, 0.05) is 17.3 Å². The normalized spacial score (nSPS) is 11.4. The van der Waals surface area contributed by atoms with Crippen LogP contribution in [0.4, 0.5) is 17.6 Å². The van der Waals surface area contributed by atoms with E-state index in [0.29, 0.717) is 11.1 Å². The molecule has 0 saturated heterocycles. The number of ether oxygens (including phenoxy) is 1.